The molecule has 0 aromatic heterocycles. The molecule has 0 amide bonds. The minimum atomic E-state index is -0.615. The van der Waals surface area contributed by atoms with Crippen LogP contribution in [0.2, 0.25) is 5.02 Å². The molecule has 0 unspecified atom stereocenters. The van der Waals surface area contributed by atoms with Crippen LogP contribution in [0.1, 0.15) is 17.5 Å². The van der Waals surface area contributed by atoms with Gasteiger partial charge in [0, 0.05) is 50.1 Å². The van der Waals surface area contributed by atoms with Crippen LogP contribution in [0.3, 0.4) is 0 Å². The maximum Gasteiger partial charge on any atom is 0.131 e. The molecule has 2 aromatic rings. The first-order valence-corrected chi connectivity index (χ1v) is 9.66. The second-order valence-corrected chi connectivity index (χ2v) is 7.20. The molecule has 0 spiro atoms. The fourth-order valence-electron chi connectivity index (χ4n) is 3.34. The van der Waals surface area contributed by atoms with Crippen LogP contribution in [0.4, 0.5) is 14.5 Å². The maximum atomic E-state index is 14.3. The summed E-state index contributed by atoms with van der Waals surface area (Å²) < 4.78 is 32.8. The summed E-state index contributed by atoms with van der Waals surface area (Å²) in [7, 11) is 1.63. The van der Waals surface area contributed by atoms with Gasteiger partial charge in [-0.05, 0) is 30.7 Å². The molecule has 1 aliphatic rings. The smallest absolute Gasteiger partial charge is 0.131 e. The molecule has 1 atom stereocenters. The van der Waals surface area contributed by atoms with E-state index in [1.54, 1.807) is 25.3 Å². The van der Waals surface area contributed by atoms with Gasteiger partial charge in [0.2, 0.25) is 0 Å². The van der Waals surface area contributed by atoms with E-state index >= 15 is 0 Å². The van der Waals surface area contributed by atoms with E-state index < -0.39 is 11.6 Å². The highest BCUT2D eigenvalue weighted by molar-refractivity contribution is 6.32. The van der Waals surface area contributed by atoms with Gasteiger partial charge in [-0.2, -0.15) is 10.3 Å². The number of rotatable bonds is 7. The van der Waals surface area contributed by atoms with Crippen molar-refractivity contribution in [3.63, 3.8) is 0 Å². The Morgan fingerprint density at radius 2 is 2.14 bits per heavy atom. The summed E-state index contributed by atoms with van der Waals surface area (Å²) in [6.07, 6.45) is 0.726. The number of hydrogen-bond acceptors (Lipinski definition) is 5. The summed E-state index contributed by atoms with van der Waals surface area (Å²) in [4.78, 5) is 7.70. The lowest BCUT2D eigenvalue weighted by Crippen LogP contribution is -2.49. The molecule has 3 rings (SSSR count). The van der Waals surface area contributed by atoms with Gasteiger partial charge >= 0.3 is 0 Å². The predicted octanol–water partition coefficient (Wildman–Crippen LogP) is 4.15. The number of ether oxygens (including phenoxy) is 1. The molecule has 8 heteroatoms. The van der Waals surface area contributed by atoms with Gasteiger partial charge < -0.3 is 9.64 Å². The van der Waals surface area contributed by atoms with E-state index in [4.69, 9.17) is 26.4 Å². The molecule has 154 valence electrons. The van der Waals surface area contributed by atoms with Crippen LogP contribution in [-0.4, -0.2) is 44.5 Å². The van der Waals surface area contributed by atoms with Gasteiger partial charge in [0.05, 0.1) is 23.8 Å². The third-order valence-electron chi connectivity index (χ3n) is 4.89. The second-order valence-electron chi connectivity index (χ2n) is 6.80. The summed E-state index contributed by atoms with van der Waals surface area (Å²) in [6, 6.07) is 10.8. The molecule has 1 saturated heterocycles. The van der Waals surface area contributed by atoms with Crippen molar-refractivity contribution in [2.45, 2.75) is 19.0 Å². The monoisotopic (exact) mass is 421 g/mol. The number of benzene rings is 2. The maximum absolute atomic E-state index is 14.3. The van der Waals surface area contributed by atoms with Crippen molar-refractivity contribution in [3.05, 3.63) is 64.2 Å². The first-order valence-electron chi connectivity index (χ1n) is 9.29. The third kappa shape index (κ3) is 5.43. The molecule has 1 aliphatic heterocycles. The van der Waals surface area contributed by atoms with E-state index in [2.05, 4.69) is 0 Å². The minimum absolute atomic E-state index is 0.00839. The van der Waals surface area contributed by atoms with E-state index in [0.717, 1.165) is 18.2 Å². The van der Waals surface area contributed by atoms with E-state index in [1.165, 1.54) is 12.1 Å². The second kappa shape index (κ2) is 9.99. The minimum Gasteiger partial charge on any atom is -0.383 e. The van der Waals surface area contributed by atoms with Crippen molar-refractivity contribution in [2.24, 2.45) is 0 Å². The van der Waals surface area contributed by atoms with Crippen LogP contribution >= 0.6 is 11.6 Å². The number of halogens is 3. The molecule has 0 saturated carbocycles. The van der Waals surface area contributed by atoms with Gasteiger partial charge in [0.25, 0.3) is 0 Å². The molecule has 5 nitrogen and oxygen atoms in total. The summed E-state index contributed by atoms with van der Waals surface area (Å²) in [5.74, 6) is -1.21. The van der Waals surface area contributed by atoms with Gasteiger partial charge in [-0.15, -0.1) is 0 Å². The highest BCUT2D eigenvalue weighted by Crippen LogP contribution is 2.29. The number of hydroxylamine groups is 2. The Balaban J connectivity index is 1.90. The highest BCUT2D eigenvalue weighted by Gasteiger charge is 2.27. The Bertz CT molecular complexity index is 891. The van der Waals surface area contributed by atoms with Gasteiger partial charge in [-0.1, -0.05) is 17.7 Å². The SMILES string of the molecule is COCCN1C[C@@H](N(Cc2ccc(F)cc2F)c2ccc(C#N)c(Cl)c2)CCO1. The van der Waals surface area contributed by atoms with Crippen molar-refractivity contribution in [1.82, 2.24) is 5.06 Å². The fraction of sp³-hybridized carbons (Fsp3) is 0.381. The zero-order chi connectivity index (χ0) is 20.8. The molecule has 0 aliphatic carbocycles. The largest absolute Gasteiger partial charge is 0.383 e. The lowest BCUT2D eigenvalue weighted by molar-refractivity contribution is -0.190. The summed E-state index contributed by atoms with van der Waals surface area (Å²) in [5.41, 5.74) is 1.51. The number of anilines is 1. The Kier molecular flexibility index (Phi) is 7.40. The molecule has 2 aromatic carbocycles. The van der Waals surface area contributed by atoms with E-state index in [0.29, 0.717) is 42.5 Å². The summed E-state index contributed by atoms with van der Waals surface area (Å²) >= 11 is 6.24. The van der Waals surface area contributed by atoms with Crippen LogP contribution < -0.4 is 4.90 Å². The highest BCUT2D eigenvalue weighted by atomic mass is 35.5. The van der Waals surface area contributed by atoms with E-state index in [9.17, 15) is 8.78 Å². The summed E-state index contributed by atoms with van der Waals surface area (Å²) in [5, 5.41) is 11.3. The Hall–Kier alpha value is -2.24. The first-order chi connectivity index (χ1) is 14.0. The van der Waals surface area contributed by atoms with E-state index in [-0.39, 0.29) is 12.6 Å². The van der Waals surface area contributed by atoms with Crippen LogP contribution in [0.5, 0.6) is 0 Å². The van der Waals surface area contributed by atoms with Gasteiger partial charge in [-0.25, -0.2) is 8.78 Å². The topological polar surface area (TPSA) is 48.7 Å². The lowest BCUT2D eigenvalue weighted by atomic mass is 10.1. The van der Waals surface area contributed by atoms with Crippen molar-refractivity contribution in [3.8, 4) is 6.07 Å². The van der Waals surface area contributed by atoms with E-state index in [1.807, 2.05) is 16.0 Å². The predicted molar refractivity (Wildman–Crippen MR) is 107 cm³/mol. The molecule has 0 radical (unpaired) electrons. The van der Waals surface area contributed by atoms with Crippen molar-refractivity contribution >= 4 is 17.3 Å². The van der Waals surface area contributed by atoms with Gasteiger partial charge in [-0.3, -0.25) is 4.84 Å². The molecule has 1 fully saturated rings. The number of nitrogens with zero attached hydrogens (tertiary/aromatic N) is 3. The quantitative estimate of drug-likeness (QED) is 0.672. The van der Waals surface area contributed by atoms with Crippen molar-refractivity contribution < 1.29 is 18.4 Å². The van der Waals surface area contributed by atoms with Gasteiger partial charge in [0.1, 0.15) is 17.7 Å². The molecular formula is C21H22ClF2N3O2. The third-order valence-corrected chi connectivity index (χ3v) is 5.20. The average Bonchev–Trinajstić information content (AvgIpc) is 2.72. The van der Waals surface area contributed by atoms with Crippen LogP contribution in [-0.2, 0) is 16.1 Å². The van der Waals surface area contributed by atoms with Gasteiger partial charge in [0.15, 0.2) is 0 Å². The summed E-state index contributed by atoms with van der Waals surface area (Å²) in [6.45, 7) is 2.48. The standard InChI is InChI=1S/C21H22ClF2N3O2/c1-28-9-7-26-14-19(6-8-29-26)27(13-16-2-4-17(23)10-21(16)24)18-5-3-15(12-25)20(22)11-18/h2-5,10-11,19H,6-9,13-14H2,1H3/t19-/m0/s1. The Morgan fingerprint density at radius 1 is 1.31 bits per heavy atom. The van der Waals surface area contributed by atoms with Crippen molar-refractivity contribution in [1.29, 1.82) is 5.26 Å². The molecule has 1 heterocycles. The van der Waals surface area contributed by atoms with Crippen LogP contribution in [0.15, 0.2) is 36.4 Å². The Morgan fingerprint density at radius 3 is 2.83 bits per heavy atom. The molecule has 0 bridgehead atoms. The molecule has 29 heavy (non-hydrogen) atoms. The average molecular weight is 422 g/mol. The lowest BCUT2D eigenvalue weighted by Gasteiger charge is -2.40. The molecular weight excluding hydrogens is 400 g/mol. The zero-order valence-electron chi connectivity index (χ0n) is 16.1. The zero-order valence-corrected chi connectivity index (χ0v) is 16.8. The van der Waals surface area contributed by atoms with Crippen molar-refractivity contribution in [2.75, 3.05) is 38.3 Å². The first kappa shape index (κ1) is 21.5. The Labute approximate surface area is 173 Å². The number of nitriles is 1. The normalized spacial score (nSPS) is 17.1. The van der Waals surface area contributed by atoms with Crippen LogP contribution in [0, 0.1) is 23.0 Å². The number of methoxy groups -OCH3 is 1. The fourth-order valence-corrected chi connectivity index (χ4v) is 3.56. The molecule has 0 N–H and O–H groups in total. The number of hydrogen-bond donors (Lipinski definition) is 0. The van der Waals surface area contributed by atoms with Crippen LogP contribution in [0.25, 0.3) is 0 Å².